The lowest BCUT2D eigenvalue weighted by Gasteiger charge is -2.25. The Hall–Kier alpha value is -2.94. The minimum Gasteiger partial charge on any atom is -0.394 e. The van der Waals surface area contributed by atoms with Gasteiger partial charge in [-0.15, -0.1) is 5.10 Å². The van der Waals surface area contributed by atoms with Gasteiger partial charge in [-0.25, -0.2) is 13.2 Å². The van der Waals surface area contributed by atoms with Crippen molar-refractivity contribution >= 4 is 22.4 Å². The molecule has 0 aliphatic carbocycles. The number of rotatable bonds is 6. The van der Waals surface area contributed by atoms with Crippen molar-refractivity contribution in [3.05, 3.63) is 53.1 Å². The number of hydrogen-bond acceptors (Lipinski definition) is 6. The third-order valence-electron chi connectivity index (χ3n) is 5.80. The number of anilines is 2. The van der Waals surface area contributed by atoms with Crippen LogP contribution in [0, 0.1) is 12.7 Å². The molecule has 0 amide bonds. The van der Waals surface area contributed by atoms with E-state index < -0.39 is 23.8 Å². The van der Waals surface area contributed by atoms with Crippen LogP contribution in [0.4, 0.5) is 24.7 Å². The molecule has 2 aromatic heterocycles. The smallest absolute Gasteiger partial charge is 0.266 e. The van der Waals surface area contributed by atoms with Crippen LogP contribution < -0.4 is 10.2 Å². The second-order valence-corrected chi connectivity index (χ2v) is 7.81. The maximum atomic E-state index is 14.6. The number of alkyl halides is 2. The minimum atomic E-state index is -2.89. The summed E-state index contributed by atoms with van der Waals surface area (Å²) in [5.41, 5.74) is 1.65. The number of aliphatic hydroxyl groups excluding tert-OH is 1. The van der Waals surface area contributed by atoms with Gasteiger partial charge in [0.05, 0.1) is 47.3 Å². The molecule has 0 unspecified atom stereocenters. The van der Waals surface area contributed by atoms with Crippen LogP contribution in [-0.4, -0.2) is 39.5 Å². The molecular weight excluding hydrogens is 407 g/mol. The number of fused-ring (bicyclic) bond motifs is 1. The quantitative estimate of drug-likeness (QED) is 0.597. The van der Waals surface area contributed by atoms with Crippen LogP contribution in [0.3, 0.4) is 0 Å². The highest BCUT2D eigenvalue weighted by molar-refractivity contribution is 5.92. The van der Waals surface area contributed by atoms with Crippen molar-refractivity contribution in [1.82, 2.24) is 15.2 Å². The predicted octanol–water partition coefficient (Wildman–Crippen LogP) is 4.54. The summed E-state index contributed by atoms with van der Waals surface area (Å²) in [6.07, 6.45) is 0.756. The molecule has 1 aromatic carbocycles. The van der Waals surface area contributed by atoms with Gasteiger partial charge in [0.15, 0.2) is 5.82 Å². The number of aryl methyl sites for hydroxylation is 1. The Bertz CT molecular complexity index is 1090. The third kappa shape index (κ3) is 4.01. The third-order valence-corrected chi connectivity index (χ3v) is 5.80. The molecule has 4 rings (SSSR count). The van der Waals surface area contributed by atoms with E-state index in [4.69, 9.17) is 0 Å². The molecule has 0 saturated carbocycles. The Morgan fingerprint density at radius 1 is 1.26 bits per heavy atom. The van der Waals surface area contributed by atoms with Crippen molar-refractivity contribution in [2.24, 2.45) is 0 Å². The Labute approximate surface area is 178 Å². The molecule has 3 heterocycles. The van der Waals surface area contributed by atoms with E-state index in [1.807, 2.05) is 6.07 Å². The van der Waals surface area contributed by atoms with Crippen molar-refractivity contribution in [3.8, 4) is 0 Å². The molecule has 0 bridgehead atoms. The van der Waals surface area contributed by atoms with E-state index in [0.29, 0.717) is 22.4 Å². The summed E-state index contributed by atoms with van der Waals surface area (Å²) in [6, 6.07) is 5.32. The summed E-state index contributed by atoms with van der Waals surface area (Å²) in [5.74, 6) is -0.535. The zero-order valence-corrected chi connectivity index (χ0v) is 17.3. The van der Waals surface area contributed by atoms with Crippen molar-refractivity contribution in [2.45, 2.75) is 45.2 Å². The van der Waals surface area contributed by atoms with E-state index in [2.05, 4.69) is 25.4 Å². The fourth-order valence-corrected chi connectivity index (χ4v) is 4.13. The number of halogens is 3. The minimum absolute atomic E-state index is 0.0386. The molecule has 3 aromatic rings. The Kier molecular flexibility index (Phi) is 5.95. The highest BCUT2D eigenvalue weighted by atomic mass is 19.3. The van der Waals surface area contributed by atoms with Crippen LogP contribution in [0.5, 0.6) is 0 Å². The molecule has 0 radical (unpaired) electrons. The molecule has 164 valence electrons. The Balaban J connectivity index is 1.71. The predicted molar refractivity (Wildman–Crippen MR) is 113 cm³/mol. The van der Waals surface area contributed by atoms with Crippen LogP contribution in [0.1, 0.15) is 49.1 Å². The summed E-state index contributed by atoms with van der Waals surface area (Å²) in [7, 11) is 0. The van der Waals surface area contributed by atoms with Crippen LogP contribution in [0.15, 0.2) is 30.5 Å². The topological polar surface area (TPSA) is 74.2 Å². The van der Waals surface area contributed by atoms with Gasteiger partial charge in [-0.1, -0.05) is 18.2 Å². The highest BCUT2D eigenvalue weighted by Crippen LogP contribution is 2.33. The number of aliphatic hydroxyl groups is 1. The summed E-state index contributed by atoms with van der Waals surface area (Å²) in [6.45, 7) is 4.36. The van der Waals surface area contributed by atoms with Gasteiger partial charge in [-0.3, -0.25) is 4.98 Å². The average molecular weight is 431 g/mol. The maximum absolute atomic E-state index is 14.6. The molecule has 0 spiro atoms. The zero-order valence-electron chi connectivity index (χ0n) is 17.3. The van der Waals surface area contributed by atoms with Gasteiger partial charge in [0.2, 0.25) is 0 Å². The standard InChI is InChI=1S/C22H24F3N5O/c1-12(16-6-3-7-17(19(16)23)21(24)25)27-22-18-9-15(30-8-4-5-14(30)11-31)10-26-20(18)13(2)28-29-22/h3,6-7,9-10,12,14,21,31H,4-5,8,11H2,1-2H3,(H,27,29)/t12-,14-/m1/s1. The Morgan fingerprint density at radius 3 is 2.77 bits per heavy atom. The van der Waals surface area contributed by atoms with E-state index in [1.54, 1.807) is 20.0 Å². The molecule has 2 N–H and O–H groups in total. The number of hydrogen-bond donors (Lipinski definition) is 2. The summed E-state index contributed by atoms with van der Waals surface area (Å²) >= 11 is 0. The van der Waals surface area contributed by atoms with Crippen molar-refractivity contribution < 1.29 is 18.3 Å². The van der Waals surface area contributed by atoms with E-state index in [1.165, 1.54) is 12.1 Å². The van der Waals surface area contributed by atoms with E-state index >= 15 is 0 Å². The second-order valence-electron chi connectivity index (χ2n) is 7.81. The molecule has 6 nitrogen and oxygen atoms in total. The first-order chi connectivity index (χ1) is 14.9. The largest absolute Gasteiger partial charge is 0.394 e. The van der Waals surface area contributed by atoms with Crippen molar-refractivity contribution in [1.29, 1.82) is 0 Å². The van der Waals surface area contributed by atoms with Gasteiger partial charge in [-0.2, -0.15) is 5.10 Å². The van der Waals surface area contributed by atoms with Gasteiger partial charge in [0.25, 0.3) is 6.43 Å². The second kappa shape index (κ2) is 8.66. The lowest BCUT2D eigenvalue weighted by Crippen LogP contribution is -2.32. The van der Waals surface area contributed by atoms with E-state index in [9.17, 15) is 18.3 Å². The fraction of sp³-hybridized carbons (Fsp3) is 0.409. The normalized spacial score (nSPS) is 17.5. The lowest BCUT2D eigenvalue weighted by molar-refractivity contribution is 0.146. The van der Waals surface area contributed by atoms with Crippen LogP contribution in [0.2, 0.25) is 0 Å². The first kappa shape index (κ1) is 21.3. The number of nitrogens with zero attached hydrogens (tertiary/aromatic N) is 4. The van der Waals surface area contributed by atoms with Gasteiger partial charge in [-0.05, 0) is 32.8 Å². The molecule has 1 aliphatic rings. The van der Waals surface area contributed by atoms with Crippen LogP contribution in [0.25, 0.3) is 10.9 Å². The molecule has 1 saturated heterocycles. The number of nitrogens with one attached hydrogen (secondary N) is 1. The fourth-order valence-electron chi connectivity index (χ4n) is 4.13. The SMILES string of the molecule is Cc1nnc(N[C@H](C)c2cccc(C(F)F)c2F)c2cc(N3CCC[C@@H]3CO)cnc12. The number of benzene rings is 1. The average Bonchev–Trinajstić information content (AvgIpc) is 3.24. The summed E-state index contributed by atoms with van der Waals surface area (Å²) in [5, 5.41) is 21.8. The molecular formula is C22H24F3N5O. The lowest BCUT2D eigenvalue weighted by atomic mass is 10.0. The first-order valence-corrected chi connectivity index (χ1v) is 10.2. The molecule has 2 atom stereocenters. The maximum Gasteiger partial charge on any atom is 0.266 e. The van der Waals surface area contributed by atoms with Crippen LogP contribution in [-0.2, 0) is 0 Å². The molecule has 1 aliphatic heterocycles. The molecule has 9 heteroatoms. The molecule has 31 heavy (non-hydrogen) atoms. The van der Waals surface area contributed by atoms with Gasteiger partial charge in [0.1, 0.15) is 5.82 Å². The molecule has 1 fully saturated rings. The van der Waals surface area contributed by atoms with Crippen molar-refractivity contribution in [3.63, 3.8) is 0 Å². The van der Waals surface area contributed by atoms with Gasteiger partial charge in [0, 0.05) is 17.5 Å². The van der Waals surface area contributed by atoms with E-state index in [0.717, 1.165) is 31.1 Å². The summed E-state index contributed by atoms with van der Waals surface area (Å²) in [4.78, 5) is 6.66. The van der Waals surface area contributed by atoms with Gasteiger partial charge < -0.3 is 15.3 Å². The van der Waals surface area contributed by atoms with Gasteiger partial charge >= 0.3 is 0 Å². The van der Waals surface area contributed by atoms with Crippen LogP contribution >= 0.6 is 0 Å². The van der Waals surface area contributed by atoms with Crippen molar-refractivity contribution in [2.75, 3.05) is 23.4 Å². The number of pyridine rings is 1. The Morgan fingerprint density at radius 2 is 2.03 bits per heavy atom. The summed E-state index contributed by atoms with van der Waals surface area (Å²) < 4.78 is 40.8. The first-order valence-electron chi connectivity index (χ1n) is 10.2. The highest BCUT2D eigenvalue weighted by Gasteiger charge is 2.25. The monoisotopic (exact) mass is 431 g/mol. The zero-order chi connectivity index (χ0) is 22.1. The van der Waals surface area contributed by atoms with E-state index in [-0.39, 0.29) is 18.2 Å². The number of aromatic nitrogens is 3.